The van der Waals surface area contributed by atoms with Crippen molar-refractivity contribution in [2.45, 2.75) is 17.7 Å². The van der Waals surface area contributed by atoms with E-state index in [1.807, 2.05) is 6.07 Å². The lowest BCUT2D eigenvalue weighted by Gasteiger charge is -2.27. The first-order valence-corrected chi connectivity index (χ1v) is 7.03. The van der Waals surface area contributed by atoms with Gasteiger partial charge in [-0.05, 0) is 36.5 Å². The predicted molar refractivity (Wildman–Crippen MR) is 69.4 cm³/mol. The number of hydrogen-bond acceptors (Lipinski definition) is 1. The van der Waals surface area contributed by atoms with Crippen LogP contribution in [0.1, 0.15) is 12.0 Å². The molecule has 0 spiro atoms. The van der Waals surface area contributed by atoms with Crippen LogP contribution in [0.15, 0.2) is 22.7 Å². The molecule has 0 radical (unpaired) electrons. The Morgan fingerprint density at radius 1 is 1.44 bits per heavy atom. The van der Waals surface area contributed by atoms with E-state index in [4.69, 9.17) is 4.74 Å². The molecule has 1 saturated heterocycles. The molecule has 2 rings (SSSR count). The minimum absolute atomic E-state index is 0.203. The summed E-state index contributed by atoms with van der Waals surface area (Å²) in [6.07, 6.45) is 1.96. The summed E-state index contributed by atoms with van der Waals surface area (Å²) in [5, 5.41) is 0. The molecule has 2 unspecified atom stereocenters. The Morgan fingerprint density at radius 2 is 2.25 bits per heavy atom. The van der Waals surface area contributed by atoms with E-state index in [0.717, 1.165) is 36.1 Å². The Bertz CT molecular complexity index is 370. The summed E-state index contributed by atoms with van der Waals surface area (Å²) in [5.74, 6) is 0.265. The maximum Gasteiger partial charge on any atom is 0.124 e. The summed E-state index contributed by atoms with van der Waals surface area (Å²) >= 11 is 7.08. The molecule has 0 aromatic heterocycles. The van der Waals surface area contributed by atoms with E-state index in [-0.39, 0.29) is 5.82 Å². The lowest BCUT2D eigenvalue weighted by molar-refractivity contribution is 0.0605. The van der Waals surface area contributed by atoms with E-state index < -0.39 is 0 Å². The highest BCUT2D eigenvalue weighted by atomic mass is 79.9. The van der Waals surface area contributed by atoms with E-state index in [1.54, 1.807) is 0 Å². The van der Waals surface area contributed by atoms with Gasteiger partial charge in [0.05, 0.1) is 6.61 Å². The normalized spacial score (nSPS) is 25.7. The fourth-order valence-corrected chi connectivity index (χ4v) is 2.97. The molecule has 1 nitrogen and oxygen atoms in total. The zero-order valence-electron chi connectivity index (χ0n) is 8.76. The van der Waals surface area contributed by atoms with Gasteiger partial charge in [-0.15, -0.1) is 0 Å². The molecule has 1 aromatic rings. The van der Waals surface area contributed by atoms with Crippen LogP contribution in [0, 0.1) is 11.7 Å². The van der Waals surface area contributed by atoms with E-state index in [2.05, 4.69) is 31.9 Å². The molecular weight excluding hydrogens is 339 g/mol. The summed E-state index contributed by atoms with van der Waals surface area (Å²) in [4.78, 5) is 0.498. The fourth-order valence-electron chi connectivity index (χ4n) is 1.93. The highest BCUT2D eigenvalue weighted by molar-refractivity contribution is 9.10. The lowest BCUT2D eigenvalue weighted by atomic mass is 9.94. The van der Waals surface area contributed by atoms with Crippen molar-refractivity contribution < 1.29 is 9.13 Å². The van der Waals surface area contributed by atoms with Crippen LogP contribution >= 0.6 is 31.9 Å². The van der Waals surface area contributed by atoms with Crippen molar-refractivity contribution in [2.24, 2.45) is 5.92 Å². The average molecular weight is 352 g/mol. The molecule has 1 aliphatic rings. The largest absolute Gasteiger partial charge is 0.381 e. The van der Waals surface area contributed by atoms with Crippen molar-refractivity contribution in [3.8, 4) is 0 Å². The Morgan fingerprint density at radius 3 is 2.94 bits per heavy atom. The average Bonchev–Trinajstić information content (AvgIpc) is 2.25. The van der Waals surface area contributed by atoms with E-state index in [9.17, 15) is 4.39 Å². The summed E-state index contributed by atoms with van der Waals surface area (Å²) < 4.78 is 19.3. The molecular formula is C12H13Br2FO. The standard InChI is InChI=1S/C12H13Br2FO/c13-11-3-4-16-7-9(11)5-8-1-2-10(15)6-12(8)14/h1-2,6,9,11H,3-5,7H2. The first-order chi connectivity index (χ1) is 7.66. The SMILES string of the molecule is Fc1ccc(CC2COCCC2Br)c(Br)c1. The number of hydrogen-bond donors (Lipinski definition) is 0. The van der Waals surface area contributed by atoms with Gasteiger partial charge in [0.25, 0.3) is 0 Å². The Labute approximate surface area is 112 Å². The van der Waals surface area contributed by atoms with Gasteiger partial charge in [0.2, 0.25) is 0 Å². The molecule has 0 bridgehead atoms. The minimum Gasteiger partial charge on any atom is -0.381 e. The molecule has 1 heterocycles. The van der Waals surface area contributed by atoms with Gasteiger partial charge >= 0.3 is 0 Å². The van der Waals surface area contributed by atoms with Crippen LogP contribution in [0.3, 0.4) is 0 Å². The maximum atomic E-state index is 12.9. The number of rotatable bonds is 2. The van der Waals surface area contributed by atoms with Gasteiger partial charge in [0.1, 0.15) is 5.82 Å². The van der Waals surface area contributed by atoms with Crippen LogP contribution < -0.4 is 0 Å². The fraction of sp³-hybridized carbons (Fsp3) is 0.500. The first-order valence-electron chi connectivity index (χ1n) is 5.32. The van der Waals surface area contributed by atoms with Crippen molar-refractivity contribution >= 4 is 31.9 Å². The second-order valence-corrected chi connectivity index (χ2v) is 6.11. The molecule has 0 amide bonds. The van der Waals surface area contributed by atoms with E-state index in [0.29, 0.717) is 10.7 Å². The van der Waals surface area contributed by atoms with Crippen LogP contribution in [0.2, 0.25) is 0 Å². The van der Waals surface area contributed by atoms with Gasteiger partial charge in [-0.3, -0.25) is 0 Å². The molecule has 88 valence electrons. The molecule has 2 atom stereocenters. The monoisotopic (exact) mass is 350 g/mol. The van der Waals surface area contributed by atoms with E-state index >= 15 is 0 Å². The molecule has 4 heteroatoms. The van der Waals surface area contributed by atoms with Crippen molar-refractivity contribution in [3.05, 3.63) is 34.1 Å². The molecule has 16 heavy (non-hydrogen) atoms. The van der Waals surface area contributed by atoms with Gasteiger partial charge in [-0.1, -0.05) is 37.9 Å². The summed E-state index contributed by atoms with van der Waals surface area (Å²) in [6, 6.07) is 4.86. The maximum absolute atomic E-state index is 12.9. The van der Waals surface area contributed by atoms with Crippen molar-refractivity contribution in [3.63, 3.8) is 0 Å². The zero-order valence-corrected chi connectivity index (χ0v) is 11.9. The highest BCUT2D eigenvalue weighted by Gasteiger charge is 2.24. The highest BCUT2D eigenvalue weighted by Crippen LogP contribution is 2.28. The van der Waals surface area contributed by atoms with Crippen LogP contribution in [0.5, 0.6) is 0 Å². The third-order valence-electron chi connectivity index (χ3n) is 2.88. The first kappa shape index (κ1) is 12.5. The third kappa shape index (κ3) is 3.05. The van der Waals surface area contributed by atoms with Gasteiger partial charge < -0.3 is 4.74 Å². The summed E-state index contributed by atoms with van der Waals surface area (Å²) in [6.45, 7) is 1.61. The Hall–Kier alpha value is 0.0700. The Kier molecular flexibility index (Phi) is 4.39. The molecule has 0 aliphatic carbocycles. The number of halogens is 3. The van der Waals surface area contributed by atoms with Crippen molar-refractivity contribution in [2.75, 3.05) is 13.2 Å². The summed E-state index contributed by atoms with van der Waals surface area (Å²) in [7, 11) is 0. The number of benzene rings is 1. The minimum atomic E-state index is -0.203. The smallest absolute Gasteiger partial charge is 0.124 e. The molecule has 0 N–H and O–H groups in total. The molecule has 1 fully saturated rings. The second kappa shape index (κ2) is 5.61. The number of alkyl halides is 1. The van der Waals surface area contributed by atoms with Gasteiger partial charge in [0.15, 0.2) is 0 Å². The molecule has 1 aromatic carbocycles. The van der Waals surface area contributed by atoms with Gasteiger partial charge in [0, 0.05) is 15.9 Å². The topological polar surface area (TPSA) is 9.23 Å². The second-order valence-electron chi connectivity index (χ2n) is 4.08. The lowest BCUT2D eigenvalue weighted by Crippen LogP contribution is -2.29. The van der Waals surface area contributed by atoms with Gasteiger partial charge in [-0.2, -0.15) is 0 Å². The third-order valence-corrected chi connectivity index (χ3v) is 4.82. The van der Waals surface area contributed by atoms with Crippen LogP contribution in [0.25, 0.3) is 0 Å². The molecule has 0 saturated carbocycles. The van der Waals surface area contributed by atoms with Crippen molar-refractivity contribution in [1.82, 2.24) is 0 Å². The van der Waals surface area contributed by atoms with Gasteiger partial charge in [-0.25, -0.2) is 4.39 Å². The van der Waals surface area contributed by atoms with E-state index in [1.165, 1.54) is 12.1 Å². The number of ether oxygens (including phenoxy) is 1. The zero-order chi connectivity index (χ0) is 11.5. The predicted octanol–water partition coefficient (Wildman–Crippen LogP) is 3.93. The Balaban J connectivity index is 2.07. The van der Waals surface area contributed by atoms with Crippen LogP contribution in [-0.2, 0) is 11.2 Å². The van der Waals surface area contributed by atoms with Crippen molar-refractivity contribution in [1.29, 1.82) is 0 Å². The summed E-state index contributed by atoms with van der Waals surface area (Å²) in [5.41, 5.74) is 1.14. The van der Waals surface area contributed by atoms with Crippen LogP contribution in [0.4, 0.5) is 4.39 Å². The quantitative estimate of drug-likeness (QED) is 0.733. The van der Waals surface area contributed by atoms with Crippen LogP contribution in [-0.4, -0.2) is 18.0 Å². The molecule has 1 aliphatic heterocycles.